The van der Waals surface area contributed by atoms with Gasteiger partial charge < -0.3 is 0 Å². The fourth-order valence-corrected chi connectivity index (χ4v) is 0.896. The van der Waals surface area contributed by atoms with E-state index in [1.165, 1.54) is 0 Å². The van der Waals surface area contributed by atoms with Crippen LogP contribution < -0.4 is 0 Å². The third-order valence-electron chi connectivity index (χ3n) is 1.34. The van der Waals surface area contributed by atoms with Crippen LogP contribution in [0, 0.1) is 0 Å². The van der Waals surface area contributed by atoms with Gasteiger partial charge >= 0.3 is 0 Å². The largest absolute Gasteiger partial charge is 0.251 e. The van der Waals surface area contributed by atoms with Gasteiger partial charge in [-0.05, 0) is 6.42 Å². The van der Waals surface area contributed by atoms with Gasteiger partial charge in [0.15, 0.2) is 0 Å². The second kappa shape index (κ2) is 1.64. The highest BCUT2D eigenvalue weighted by Crippen LogP contribution is 2.36. The average molecular weight is 124 g/mol. The summed E-state index contributed by atoms with van der Waals surface area (Å²) in [6.45, 7) is 0. The van der Waals surface area contributed by atoms with Crippen molar-refractivity contribution in [3.8, 4) is 0 Å². The lowest BCUT2D eigenvalue weighted by molar-refractivity contribution is 0.00324. The van der Waals surface area contributed by atoms with Crippen molar-refractivity contribution in [3.05, 3.63) is 0 Å². The number of alkyl halides is 3. The Bertz CT molecular complexity index is 89.7. The minimum absolute atomic E-state index is 0.0347. The van der Waals surface area contributed by atoms with Gasteiger partial charge in [0.05, 0.1) is 0 Å². The Labute approximate surface area is 45.7 Å². The van der Waals surface area contributed by atoms with E-state index in [9.17, 15) is 13.2 Å². The van der Waals surface area contributed by atoms with Crippen LogP contribution in [0.2, 0.25) is 0 Å². The molecule has 0 aliphatic heterocycles. The fourth-order valence-electron chi connectivity index (χ4n) is 0.896. The van der Waals surface area contributed by atoms with Crippen LogP contribution in [-0.4, -0.2) is 12.1 Å². The molecule has 0 aromatic carbocycles. The molecule has 0 bridgehead atoms. The molecular formula is C5H7F3. The number of halogens is 3. The molecule has 0 radical (unpaired) electrons. The monoisotopic (exact) mass is 124 g/mol. The first kappa shape index (κ1) is 5.92. The summed E-state index contributed by atoms with van der Waals surface area (Å²) >= 11 is 0. The van der Waals surface area contributed by atoms with Crippen LogP contribution in [0.5, 0.6) is 0 Å². The number of hydrogen-bond donors (Lipinski definition) is 0. The molecule has 0 saturated heterocycles. The molecule has 0 nitrogen and oxygen atoms in total. The highest BCUT2D eigenvalue weighted by molar-refractivity contribution is 4.80. The molecule has 48 valence electrons. The van der Waals surface area contributed by atoms with Crippen molar-refractivity contribution in [2.24, 2.45) is 0 Å². The molecule has 0 heterocycles. The fraction of sp³-hybridized carbons (Fsp3) is 1.00. The van der Waals surface area contributed by atoms with Gasteiger partial charge in [-0.1, -0.05) is 0 Å². The zero-order chi connectivity index (χ0) is 6.20. The van der Waals surface area contributed by atoms with Gasteiger partial charge in [0, 0.05) is 12.8 Å². The third-order valence-corrected chi connectivity index (χ3v) is 1.34. The zero-order valence-electron chi connectivity index (χ0n) is 4.33. The molecule has 1 saturated carbocycles. The second-order valence-electron chi connectivity index (χ2n) is 2.20. The highest BCUT2D eigenvalue weighted by atomic mass is 19.3. The van der Waals surface area contributed by atoms with Crippen LogP contribution in [0.15, 0.2) is 0 Å². The van der Waals surface area contributed by atoms with Gasteiger partial charge in [0.2, 0.25) is 0 Å². The smallest absolute Gasteiger partial charge is 0.247 e. The van der Waals surface area contributed by atoms with Crippen molar-refractivity contribution in [1.29, 1.82) is 0 Å². The van der Waals surface area contributed by atoms with Crippen molar-refractivity contribution in [3.63, 3.8) is 0 Å². The molecule has 0 aromatic heterocycles. The lowest BCUT2D eigenvalue weighted by atomic mass is 10.3. The Morgan fingerprint density at radius 3 is 2.12 bits per heavy atom. The van der Waals surface area contributed by atoms with Gasteiger partial charge in [-0.25, -0.2) is 13.2 Å². The molecule has 1 fully saturated rings. The van der Waals surface area contributed by atoms with E-state index in [0.717, 1.165) is 0 Å². The van der Waals surface area contributed by atoms with Crippen LogP contribution in [0.4, 0.5) is 13.2 Å². The van der Waals surface area contributed by atoms with E-state index in [2.05, 4.69) is 0 Å². The SMILES string of the molecule is FC1CCC(F)(F)C1. The molecule has 0 aromatic rings. The van der Waals surface area contributed by atoms with Gasteiger partial charge in [0.25, 0.3) is 5.92 Å². The number of hydrogen-bond acceptors (Lipinski definition) is 0. The summed E-state index contributed by atoms with van der Waals surface area (Å²) in [6, 6.07) is 0. The molecule has 0 spiro atoms. The van der Waals surface area contributed by atoms with Crippen molar-refractivity contribution >= 4 is 0 Å². The van der Waals surface area contributed by atoms with E-state index in [0.29, 0.717) is 0 Å². The minimum Gasteiger partial charge on any atom is -0.247 e. The molecule has 1 aliphatic carbocycles. The summed E-state index contributed by atoms with van der Waals surface area (Å²) in [6.07, 6.45) is -2.06. The maximum Gasteiger partial charge on any atom is 0.251 e. The Balaban J connectivity index is 2.44. The quantitative estimate of drug-likeness (QED) is 0.464. The maximum absolute atomic E-state index is 12.0. The van der Waals surface area contributed by atoms with Gasteiger partial charge in [-0.15, -0.1) is 0 Å². The molecule has 0 N–H and O–H groups in total. The predicted octanol–water partition coefficient (Wildman–Crippen LogP) is 2.14. The van der Waals surface area contributed by atoms with Crippen molar-refractivity contribution < 1.29 is 13.2 Å². The lowest BCUT2D eigenvalue weighted by Gasteiger charge is -2.03. The zero-order valence-corrected chi connectivity index (χ0v) is 4.33. The molecular weight excluding hydrogens is 117 g/mol. The maximum atomic E-state index is 12.0. The van der Waals surface area contributed by atoms with E-state index in [-0.39, 0.29) is 12.8 Å². The Kier molecular flexibility index (Phi) is 1.21. The average Bonchev–Trinajstić information content (AvgIpc) is 1.82. The summed E-state index contributed by atoms with van der Waals surface area (Å²) in [5, 5.41) is 0. The van der Waals surface area contributed by atoms with Crippen molar-refractivity contribution in [1.82, 2.24) is 0 Å². The van der Waals surface area contributed by atoms with E-state index in [4.69, 9.17) is 0 Å². The van der Waals surface area contributed by atoms with Crippen LogP contribution in [0.3, 0.4) is 0 Å². The summed E-state index contributed by atoms with van der Waals surface area (Å²) in [7, 11) is 0. The summed E-state index contributed by atoms with van der Waals surface area (Å²) < 4.78 is 35.8. The highest BCUT2D eigenvalue weighted by Gasteiger charge is 2.39. The Morgan fingerprint density at radius 2 is 2.00 bits per heavy atom. The molecule has 0 amide bonds. The van der Waals surface area contributed by atoms with Crippen LogP contribution in [-0.2, 0) is 0 Å². The van der Waals surface area contributed by atoms with Crippen LogP contribution in [0.25, 0.3) is 0 Å². The minimum atomic E-state index is -2.71. The van der Waals surface area contributed by atoms with Gasteiger partial charge in [0.1, 0.15) is 6.17 Å². The lowest BCUT2D eigenvalue weighted by Crippen LogP contribution is -2.09. The first-order chi connectivity index (χ1) is 3.60. The molecule has 1 rings (SSSR count). The van der Waals surface area contributed by atoms with E-state index in [1.807, 2.05) is 0 Å². The standard InChI is InChI=1S/C5H7F3/c6-4-1-2-5(7,8)3-4/h4H,1-3H2. The normalized spacial score (nSPS) is 35.6. The number of rotatable bonds is 0. The predicted molar refractivity (Wildman–Crippen MR) is 23.7 cm³/mol. The summed E-state index contributed by atoms with van der Waals surface area (Å²) in [4.78, 5) is 0. The van der Waals surface area contributed by atoms with E-state index >= 15 is 0 Å². The van der Waals surface area contributed by atoms with Crippen LogP contribution >= 0.6 is 0 Å². The molecule has 1 atom stereocenters. The molecule has 3 heteroatoms. The van der Waals surface area contributed by atoms with Crippen LogP contribution in [0.1, 0.15) is 19.3 Å². The third kappa shape index (κ3) is 1.14. The van der Waals surface area contributed by atoms with E-state index < -0.39 is 18.5 Å². The molecule has 1 aliphatic rings. The van der Waals surface area contributed by atoms with E-state index in [1.54, 1.807) is 0 Å². The Morgan fingerprint density at radius 1 is 1.38 bits per heavy atom. The molecule has 1 unspecified atom stereocenters. The van der Waals surface area contributed by atoms with Gasteiger partial charge in [-0.2, -0.15) is 0 Å². The molecule has 8 heavy (non-hydrogen) atoms. The van der Waals surface area contributed by atoms with Gasteiger partial charge in [-0.3, -0.25) is 0 Å². The summed E-state index contributed by atoms with van der Waals surface area (Å²) in [5.41, 5.74) is 0. The summed E-state index contributed by atoms with van der Waals surface area (Å²) in [5.74, 6) is -2.71. The second-order valence-corrected chi connectivity index (χ2v) is 2.20. The first-order valence-electron chi connectivity index (χ1n) is 2.62. The Hall–Kier alpha value is -0.210. The topological polar surface area (TPSA) is 0 Å². The van der Waals surface area contributed by atoms with Crippen molar-refractivity contribution in [2.75, 3.05) is 0 Å². The first-order valence-corrected chi connectivity index (χ1v) is 2.62. The van der Waals surface area contributed by atoms with Crippen molar-refractivity contribution in [2.45, 2.75) is 31.4 Å².